The topological polar surface area (TPSA) is 25.8 Å². The summed E-state index contributed by atoms with van der Waals surface area (Å²) in [7, 11) is 0. The standard InChI is InChI=1S/C17H11Cl3N2S/c18-13-7-5-12(6-8-13)15-14(16(19)22-17(20)21-15)11-3-1-10(9-23)2-4-11/h1-8,23H,9H2. The zero-order chi connectivity index (χ0) is 16.4. The molecule has 0 saturated heterocycles. The number of hydrogen-bond acceptors (Lipinski definition) is 3. The highest BCUT2D eigenvalue weighted by Crippen LogP contribution is 2.36. The molecule has 2 aromatic carbocycles. The van der Waals surface area contributed by atoms with E-state index in [4.69, 9.17) is 34.8 Å². The van der Waals surface area contributed by atoms with Gasteiger partial charge in [-0.25, -0.2) is 9.97 Å². The van der Waals surface area contributed by atoms with E-state index in [0.717, 1.165) is 22.3 Å². The van der Waals surface area contributed by atoms with Crippen LogP contribution in [0.15, 0.2) is 48.5 Å². The molecule has 0 aliphatic rings. The number of aromatic nitrogens is 2. The lowest BCUT2D eigenvalue weighted by Crippen LogP contribution is -1.95. The van der Waals surface area contributed by atoms with E-state index in [-0.39, 0.29) is 5.28 Å². The lowest BCUT2D eigenvalue weighted by molar-refractivity contribution is 1.17. The van der Waals surface area contributed by atoms with Crippen molar-refractivity contribution < 1.29 is 0 Å². The summed E-state index contributed by atoms with van der Waals surface area (Å²) in [5.74, 6) is 0.676. The Labute approximate surface area is 154 Å². The highest BCUT2D eigenvalue weighted by Gasteiger charge is 2.16. The van der Waals surface area contributed by atoms with Gasteiger partial charge in [-0.3, -0.25) is 0 Å². The number of thiol groups is 1. The smallest absolute Gasteiger partial charge is 0.217 e. The first kappa shape index (κ1) is 16.6. The van der Waals surface area contributed by atoms with Crippen LogP contribution >= 0.6 is 47.4 Å². The van der Waals surface area contributed by atoms with Gasteiger partial charge in [-0.05, 0) is 34.9 Å². The van der Waals surface area contributed by atoms with Crippen molar-refractivity contribution in [1.82, 2.24) is 9.97 Å². The molecule has 0 aliphatic heterocycles. The molecule has 1 aromatic heterocycles. The average Bonchev–Trinajstić information content (AvgIpc) is 2.55. The summed E-state index contributed by atoms with van der Waals surface area (Å²) < 4.78 is 0. The van der Waals surface area contributed by atoms with E-state index in [2.05, 4.69) is 22.6 Å². The van der Waals surface area contributed by atoms with Crippen LogP contribution in [-0.4, -0.2) is 9.97 Å². The zero-order valence-electron chi connectivity index (χ0n) is 11.8. The largest absolute Gasteiger partial charge is 0.224 e. The normalized spacial score (nSPS) is 10.8. The fourth-order valence-corrected chi connectivity index (χ4v) is 3.08. The molecule has 0 amide bonds. The number of hydrogen-bond donors (Lipinski definition) is 1. The second-order valence-corrected chi connectivity index (χ2v) is 6.32. The van der Waals surface area contributed by atoms with Crippen LogP contribution in [0.1, 0.15) is 5.56 Å². The summed E-state index contributed by atoms with van der Waals surface area (Å²) in [6, 6.07) is 15.3. The summed E-state index contributed by atoms with van der Waals surface area (Å²) in [6.45, 7) is 0. The molecular formula is C17H11Cl3N2S. The van der Waals surface area contributed by atoms with Gasteiger partial charge in [0.1, 0.15) is 5.15 Å². The van der Waals surface area contributed by atoms with Crippen LogP contribution in [0.4, 0.5) is 0 Å². The van der Waals surface area contributed by atoms with E-state index in [9.17, 15) is 0 Å². The van der Waals surface area contributed by atoms with Gasteiger partial charge in [-0.15, -0.1) is 0 Å². The molecule has 0 N–H and O–H groups in total. The highest BCUT2D eigenvalue weighted by atomic mass is 35.5. The molecular weight excluding hydrogens is 371 g/mol. The summed E-state index contributed by atoms with van der Waals surface area (Å²) >= 11 is 22.6. The number of benzene rings is 2. The minimum Gasteiger partial charge on any atom is -0.217 e. The molecule has 116 valence electrons. The molecule has 0 bridgehead atoms. The van der Waals surface area contributed by atoms with Crippen LogP contribution in [0.2, 0.25) is 15.5 Å². The first-order chi connectivity index (χ1) is 11.1. The van der Waals surface area contributed by atoms with Crippen LogP contribution < -0.4 is 0 Å². The van der Waals surface area contributed by atoms with Gasteiger partial charge >= 0.3 is 0 Å². The second kappa shape index (κ2) is 7.10. The average molecular weight is 382 g/mol. The molecule has 0 unspecified atom stereocenters. The van der Waals surface area contributed by atoms with Crippen molar-refractivity contribution in [2.24, 2.45) is 0 Å². The summed E-state index contributed by atoms with van der Waals surface area (Å²) in [5.41, 5.74) is 4.32. The maximum absolute atomic E-state index is 6.35. The van der Waals surface area contributed by atoms with Crippen LogP contribution in [-0.2, 0) is 5.75 Å². The van der Waals surface area contributed by atoms with Crippen molar-refractivity contribution >= 4 is 47.4 Å². The third-order valence-electron chi connectivity index (χ3n) is 3.38. The van der Waals surface area contributed by atoms with Crippen LogP contribution in [0.3, 0.4) is 0 Å². The minimum atomic E-state index is 0.107. The minimum absolute atomic E-state index is 0.107. The highest BCUT2D eigenvalue weighted by molar-refractivity contribution is 7.79. The maximum atomic E-state index is 6.35. The Kier molecular flexibility index (Phi) is 5.12. The number of rotatable bonds is 3. The molecule has 0 aliphatic carbocycles. The molecule has 0 fully saturated rings. The molecule has 0 radical (unpaired) electrons. The van der Waals surface area contributed by atoms with Gasteiger partial charge in [0.15, 0.2) is 0 Å². The lowest BCUT2D eigenvalue weighted by Gasteiger charge is -2.12. The van der Waals surface area contributed by atoms with Crippen molar-refractivity contribution in [3.8, 4) is 22.4 Å². The SMILES string of the molecule is SCc1ccc(-c2c(Cl)nc(Cl)nc2-c2ccc(Cl)cc2)cc1. The van der Waals surface area contributed by atoms with E-state index in [0.29, 0.717) is 21.6 Å². The zero-order valence-corrected chi connectivity index (χ0v) is 15.0. The molecule has 6 heteroatoms. The summed E-state index contributed by atoms with van der Waals surface area (Å²) in [5, 5.41) is 1.07. The predicted octanol–water partition coefficient (Wildman–Crippen LogP) is 6.20. The van der Waals surface area contributed by atoms with Crippen LogP contribution in [0.5, 0.6) is 0 Å². The Balaban J connectivity index is 2.20. The van der Waals surface area contributed by atoms with Gasteiger partial charge in [0.2, 0.25) is 5.28 Å². The number of halogens is 3. The molecule has 0 atom stereocenters. The third-order valence-corrected chi connectivity index (χ3v) is 4.44. The predicted molar refractivity (Wildman–Crippen MR) is 101 cm³/mol. The van der Waals surface area contributed by atoms with Gasteiger partial charge in [-0.1, -0.05) is 59.6 Å². The van der Waals surface area contributed by atoms with Crippen molar-refractivity contribution in [2.75, 3.05) is 0 Å². The van der Waals surface area contributed by atoms with Gasteiger partial charge < -0.3 is 0 Å². The van der Waals surface area contributed by atoms with Gasteiger partial charge in [0.05, 0.1) is 5.69 Å². The van der Waals surface area contributed by atoms with Crippen molar-refractivity contribution in [1.29, 1.82) is 0 Å². The Morgan fingerprint density at radius 1 is 0.783 bits per heavy atom. The fourth-order valence-electron chi connectivity index (χ4n) is 2.26. The Morgan fingerprint density at radius 2 is 1.39 bits per heavy atom. The van der Waals surface area contributed by atoms with Gasteiger partial charge in [0, 0.05) is 21.9 Å². The lowest BCUT2D eigenvalue weighted by atomic mass is 10.00. The quantitative estimate of drug-likeness (QED) is 0.332. The molecule has 23 heavy (non-hydrogen) atoms. The molecule has 2 nitrogen and oxygen atoms in total. The first-order valence-electron chi connectivity index (χ1n) is 6.77. The van der Waals surface area contributed by atoms with Gasteiger partial charge in [-0.2, -0.15) is 12.6 Å². The first-order valence-corrected chi connectivity index (χ1v) is 8.54. The Morgan fingerprint density at radius 3 is 2.00 bits per heavy atom. The van der Waals surface area contributed by atoms with E-state index in [1.165, 1.54) is 0 Å². The molecule has 1 heterocycles. The molecule has 3 aromatic rings. The fraction of sp³-hybridized carbons (Fsp3) is 0.0588. The summed E-state index contributed by atoms with van der Waals surface area (Å²) in [4.78, 5) is 8.44. The van der Waals surface area contributed by atoms with E-state index in [1.807, 2.05) is 36.4 Å². The second-order valence-electron chi connectivity index (χ2n) is 4.87. The summed E-state index contributed by atoms with van der Waals surface area (Å²) in [6.07, 6.45) is 0. The van der Waals surface area contributed by atoms with Crippen molar-refractivity contribution in [3.05, 3.63) is 69.6 Å². The third kappa shape index (κ3) is 3.64. The maximum Gasteiger partial charge on any atom is 0.224 e. The Bertz CT molecular complexity index is 834. The van der Waals surface area contributed by atoms with E-state index >= 15 is 0 Å². The molecule has 0 saturated carbocycles. The van der Waals surface area contributed by atoms with Gasteiger partial charge in [0.25, 0.3) is 0 Å². The number of nitrogens with zero attached hydrogens (tertiary/aromatic N) is 2. The Hall–Kier alpha value is -1.26. The monoisotopic (exact) mass is 380 g/mol. The van der Waals surface area contributed by atoms with Crippen LogP contribution in [0, 0.1) is 0 Å². The van der Waals surface area contributed by atoms with E-state index in [1.54, 1.807) is 12.1 Å². The van der Waals surface area contributed by atoms with Crippen molar-refractivity contribution in [2.45, 2.75) is 5.75 Å². The molecule has 0 spiro atoms. The van der Waals surface area contributed by atoms with Crippen LogP contribution in [0.25, 0.3) is 22.4 Å². The van der Waals surface area contributed by atoms with Crippen molar-refractivity contribution in [3.63, 3.8) is 0 Å². The van der Waals surface area contributed by atoms with E-state index < -0.39 is 0 Å². The molecule has 3 rings (SSSR count).